The molecular weight excluding hydrogens is 322 g/mol. The van der Waals surface area contributed by atoms with Crippen LogP contribution in [-0.2, 0) is 17.7 Å². The van der Waals surface area contributed by atoms with Crippen LogP contribution in [0.3, 0.4) is 0 Å². The molecule has 0 saturated carbocycles. The van der Waals surface area contributed by atoms with Gasteiger partial charge in [-0.1, -0.05) is 0 Å². The first-order valence-corrected chi connectivity index (χ1v) is 8.72. The van der Waals surface area contributed by atoms with Crippen molar-refractivity contribution in [3.63, 3.8) is 0 Å². The van der Waals surface area contributed by atoms with Crippen molar-refractivity contribution in [1.29, 1.82) is 0 Å². The quantitative estimate of drug-likeness (QED) is 0.728. The van der Waals surface area contributed by atoms with Crippen LogP contribution in [0.1, 0.15) is 68.7 Å². The van der Waals surface area contributed by atoms with Crippen molar-refractivity contribution in [2.45, 2.75) is 71.6 Å². The molecule has 3 heterocycles. The third-order valence-corrected chi connectivity index (χ3v) is 4.47. The molecule has 7 nitrogen and oxygen atoms in total. The van der Waals surface area contributed by atoms with E-state index in [0.29, 0.717) is 36.3 Å². The number of fused-ring (bicyclic) bond motifs is 3. The van der Waals surface area contributed by atoms with Crippen molar-refractivity contribution >= 4 is 17.6 Å². The number of nitrogens with zero attached hydrogens (tertiary/aromatic N) is 3. The van der Waals surface area contributed by atoms with Crippen LogP contribution < -0.4 is 0 Å². The van der Waals surface area contributed by atoms with E-state index in [0.717, 1.165) is 24.8 Å². The molecule has 0 spiro atoms. The van der Waals surface area contributed by atoms with Crippen LogP contribution in [0, 0.1) is 0 Å². The van der Waals surface area contributed by atoms with Crippen molar-refractivity contribution < 1.29 is 19.4 Å². The Morgan fingerprint density at radius 3 is 2.72 bits per heavy atom. The number of carbonyl (C=O) groups excluding carboxylic acids is 2. The zero-order chi connectivity index (χ0) is 18.4. The molecule has 1 aromatic rings. The molecule has 0 saturated heterocycles. The molecule has 3 rings (SSSR count). The minimum Gasteiger partial charge on any atom is -0.513 e. The Bertz CT molecular complexity index is 742. The lowest BCUT2D eigenvalue weighted by atomic mass is 9.95. The first-order chi connectivity index (χ1) is 11.7. The number of hydrogen-bond acceptors (Lipinski definition) is 5. The Morgan fingerprint density at radius 2 is 2.08 bits per heavy atom. The lowest BCUT2D eigenvalue weighted by Crippen LogP contribution is -2.44. The third-order valence-electron chi connectivity index (χ3n) is 4.47. The van der Waals surface area contributed by atoms with Crippen molar-refractivity contribution in [2.75, 3.05) is 0 Å². The molecule has 0 aliphatic carbocycles. The molecule has 1 atom stereocenters. The molecule has 136 valence electrons. The molecule has 1 aromatic heterocycles. The summed E-state index contributed by atoms with van der Waals surface area (Å²) in [7, 11) is 0. The van der Waals surface area contributed by atoms with Crippen LogP contribution in [0.5, 0.6) is 0 Å². The average Bonchev–Trinajstić information content (AvgIpc) is 2.76. The van der Waals surface area contributed by atoms with Gasteiger partial charge in [-0.15, -0.1) is 0 Å². The molecule has 2 aliphatic rings. The van der Waals surface area contributed by atoms with Gasteiger partial charge >= 0.3 is 6.09 Å². The summed E-state index contributed by atoms with van der Waals surface area (Å²) in [6.45, 7) is 7.94. The van der Waals surface area contributed by atoms with Crippen molar-refractivity contribution in [1.82, 2.24) is 14.7 Å². The van der Waals surface area contributed by atoms with Gasteiger partial charge in [-0.3, -0.25) is 14.4 Å². The smallest absolute Gasteiger partial charge is 0.415 e. The van der Waals surface area contributed by atoms with E-state index in [-0.39, 0.29) is 11.8 Å². The number of ketones is 1. The predicted octanol–water partition coefficient (Wildman–Crippen LogP) is 3.29. The van der Waals surface area contributed by atoms with E-state index in [4.69, 9.17) is 4.74 Å². The first-order valence-electron chi connectivity index (χ1n) is 8.72. The molecule has 0 bridgehead atoms. The Balaban J connectivity index is 2.07. The number of amides is 1. The van der Waals surface area contributed by atoms with Gasteiger partial charge in [-0.2, -0.15) is 5.10 Å². The highest BCUT2D eigenvalue weighted by Crippen LogP contribution is 2.36. The molecule has 2 aliphatic heterocycles. The summed E-state index contributed by atoms with van der Waals surface area (Å²) in [5, 5.41) is 14.5. The summed E-state index contributed by atoms with van der Waals surface area (Å²) in [5.41, 5.74) is 1.45. The normalized spacial score (nSPS) is 22.4. The van der Waals surface area contributed by atoms with E-state index in [1.54, 1.807) is 25.5 Å². The Kier molecular flexibility index (Phi) is 4.34. The fourth-order valence-corrected chi connectivity index (χ4v) is 3.48. The summed E-state index contributed by atoms with van der Waals surface area (Å²) in [6.07, 6.45) is 3.04. The number of rotatable bonds is 0. The van der Waals surface area contributed by atoms with Gasteiger partial charge < -0.3 is 9.84 Å². The highest BCUT2D eigenvalue weighted by Gasteiger charge is 2.40. The minimum atomic E-state index is -0.649. The Labute approximate surface area is 147 Å². The number of aryl methyl sites for hydroxylation is 1. The highest BCUT2D eigenvalue weighted by atomic mass is 16.6. The fourth-order valence-electron chi connectivity index (χ4n) is 3.48. The zero-order valence-corrected chi connectivity index (χ0v) is 15.2. The highest BCUT2D eigenvalue weighted by molar-refractivity contribution is 6.01. The predicted molar refractivity (Wildman–Crippen MR) is 92.3 cm³/mol. The van der Waals surface area contributed by atoms with Gasteiger partial charge in [-0.05, 0) is 40.5 Å². The van der Waals surface area contributed by atoms with Gasteiger partial charge in [0.15, 0.2) is 5.78 Å². The van der Waals surface area contributed by atoms with Crippen LogP contribution in [-0.4, -0.2) is 43.3 Å². The molecule has 0 fully saturated rings. The van der Waals surface area contributed by atoms with Crippen molar-refractivity contribution in [3.05, 3.63) is 23.2 Å². The topological polar surface area (TPSA) is 84.7 Å². The SMILES string of the molecule is C[C@@H]1Cc2nn3c(c2C(=CO)N1C(=O)OC(C)(C)C)C(=O)CCCC3. The molecular formula is C18H25N3O4. The molecule has 0 unspecified atom stereocenters. The van der Waals surface area contributed by atoms with E-state index in [1.165, 1.54) is 4.90 Å². The maximum Gasteiger partial charge on any atom is 0.415 e. The lowest BCUT2D eigenvalue weighted by molar-refractivity contribution is 0.0292. The van der Waals surface area contributed by atoms with Gasteiger partial charge in [0, 0.05) is 25.4 Å². The number of aliphatic hydroxyl groups excluding tert-OH is 1. The first kappa shape index (κ1) is 17.5. The van der Waals surface area contributed by atoms with Crippen LogP contribution >= 0.6 is 0 Å². The number of aliphatic hydroxyl groups is 1. The maximum atomic E-state index is 12.7. The molecule has 25 heavy (non-hydrogen) atoms. The number of ether oxygens (including phenoxy) is 1. The molecule has 1 amide bonds. The van der Waals surface area contributed by atoms with Crippen LogP contribution in [0.4, 0.5) is 4.79 Å². The fraction of sp³-hybridized carbons (Fsp3) is 0.611. The molecule has 0 aromatic carbocycles. The Morgan fingerprint density at radius 1 is 1.36 bits per heavy atom. The summed E-state index contributed by atoms with van der Waals surface area (Å²) in [4.78, 5) is 26.7. The van der Waals surface area contributed by atoms with Crippen LogP contribution in [0.15, 0.2) is 6.26 Å². The second-order valence-corrected chi connectivity index (χ2v) is 7.69. The van der Waals surface area contributed by atoms with Crippen LogP contribution in [0.2, 0.25) is 0 Å². The second kappa shape index (κ2) is 6.20. The van der Waals surface area contributed by atoms with Gasteiger partial charge in [-0.25, -0.2) is 4.79 Å². The lowest BCUT2D eigenvalue weighted by Gasteiger charge is -2.35. The van der Waals surface area contributed by atoms with Gasteiger partial charge in [0.25, 0.3) is 0 Å². The third kappa shape index (κ3) is 3.15. The number of hydrogen-bond donors (Lipinski definition) is 1. The van der Waals surface area contributed by atoms with E-state index in [9.17, 15) is 14.7 Å². The van der Waals surface area contributed by atoms with Gasteiger partial charge in [0.1, 0.15) is 17.6 Å². The standard InChI is InChI=1S/C18H25N3O4/c1-11-9-12-15(16-14(23)7-5-6-8-20(16)19-12)13(10-22)21(11)17(24)25-18(2,3)4/h10-11,22H,5-9H2,1-4H3/t11-/m1/s1. The van der Waals surface area contributed by atoms with E-state index < -0.39 is 11.7 Å². The largest absolute Gasteiger partial charge is 0.513 e. The Hall–Kier alpha value is -2.31. The van der Waals surface area contributed by atoms with Crippen LogP contribution in [0.25, 0.3) is 5.70 Å². The van der Waals surface area contributed by atoms with E-state index >= 15 is 0 Å². The number of carbonyl (C=O) groups is 2. The minimum absolute atomic E-state index is 0.00397. The average molecular weight is 347 g/mol. The molecule has 7 heteroatoms. The van der Waals surface area contributed by atoms with Crippen molar-refractivity contribution in [2.24, 2.45) is 0 Å². The van der Waals surface area contributed by atoms with Gasteiger partial charge in [0.2, 0.25) is 0 Å². The maximum absolute atomic E-state index is 12.7. The van der Waals surface area contributed by atoms with E-state index in [1.807, 2.05) is 6.92 Å². The molecule has 0 radical (unpaired) electrons. The summed E-state index contributed by atoms with van der Waals surface area (Å²) in [5.74, 6) is 0.00397. The molecule has 1 N–H and O–H groups in total. The monoisotopic (exact) mass is 347 g/mol. The number of aromatic nitrogens is 2. The summed E-state index contributed by atoms with van der Waals surface area (Å²) < 4.78 is 7.22. The van der Waals surface area contributed by atoms with Crippen molar-refractivity contribution in [3.8, 4) is 0 Å². The summed E-state index contributed by atoms with van der Waals surface area (Å²) >= 11 is 0. The second-order valence-electron chi connectivity index (χ2n) is 7.69. The van der Waals surface area contributed by atoms with Gasteiger partial charge in [0.05, 0.1) is 17.0 Å². The number of Topliss-reactive ketones (excluding diaryl/α,β-unsaturated/α-hetero) is 1. The summed E-state index contributed by atoms with van der Waals surface area (Å²) in [6, 6.07) is -0.227. The van der Waals surface area contributed by atoms with E-state index in [2.05, 4.69) is 5.10 Å². The zero-order valence-electron chi connectivity index (χ0n) is 15.2.